The standard InChI is InChI=1S/C13H26N2O/c1-4-13-12(5-6-16-13)9-15-8-10(2)14-7-11(15)3/h10-14H,4-9H2,1-3H3. The molecule has 0 aromatic carbocycles. The minimum Gasteiger partial charge on any atom is -0.378 e. The second-order valence-corrected chi connectivity index (χ2v) is 5.48. The molecular weight excluding hydrogens is 200 g/mol. The Morgan fingerprint density at radius 3 is 2.94 bits per heavy atom. The third kappa shape index (κ3) is 2.76. The van der Waals surface area contributed by atoms with Crippen LogP contribution in [0.1, 0.15) is 33.6 Å². The molecule has 2 aliphatic heterocycles. The maximum absolute atomic E-state index is 5.78. The first-order valence-electron chi connectivity index (χ1n) is 6.79. The molecule has 0 saturated carbocycles. The Balaban J connectivity index is 1.87. The Bertz CT molecular complexity index is 222. The first-order valence-corrected chi connectivity index (χ1v) is 6.79. The van der Waals surface area contributed by atoms with Gasteiger partial charge in [0.2, 0.25) is 0 Å². The van der Waals surface area contributed by atoms with Crippen LogP contribution in [0.15, 0.2) is 0 Å². The summed E-state index contributed by atoms with van der Waals surface area (Å²) in [5.74, 6) is 0.762. The zero-order valence-corrected chi connectivity index (χ0v) is 10.9. The zero-order valence-electron chi connectivity index (χ0n) is 10.9. The summed E-state index contributed by atoms with van der Waals surface area (Å²) in [7, 11) is 0. The SMILES string of the molecule is CCC1OCCC1CN1CC(C)NCC1C. The quantitative estimate of drug-likeness (QED) is 0.789. The highest BCUT2D eigenvalue weighted by atomic mass is 16.5. The Morgan fingerprint density at radius 1 is 1.38 bits per heavy atom. The third-order valence-corrected chi connectivity index (χ3v) is 4.11. The van der Waals surface area contributed by atoms with E-state index in [1.807, 2.05) is 0 Å². The second kappa shape index (κ2) is 5.48. The summed E-state index contributed by atoms with van der Waals surface area (Å²) >= 11 is 0. The van der Waals surface area contributed by atoms with Gasteiger partial charge >= 0.3 is 0 Å². The molecular formula is C13H26N2O. The van der Waals surface area contributed by atoms with E-state index < -0.39 is 0 Å². The number of piperazine rings is 1. The van der Waals surface area contributed by atoms with Gasteiger partial charge in [0, 0.05) is 38.3 Å². The lowest BCUT2D eigenvalue weighted by atomic mass is 9.97. The molecule has 0 aromatic rings. The molecule has 0 aliphatic carbocycles. The van der Waals surface area contributed by atoms with Gasteiger partial charge in [0.1, 0.15) is 0 Å². The lowest BCUT2D eigenvalue weighted by molar-refractivity contribution is 0.0601. The highest BCUT2D eigenvalue weighted by molar-refractivity contribution is 4.85. The van der Waals surface area contributed by atoms with Crippen LogP contribution in [0.5, 0.6) is 0 Å². The van der Waals surface area contributed by atoms with Gasteiger partial charge in [0.25, 0.3) is 0 Å². The van der Waals surface area contributed by atoms with E-state index in [2.05, 4.69) is 31.0 Å². The zero-order chi connectivity index (χ0) is 11.5. The summed E-state index contributed by atoms with van der Waals surface area (Å²) in [4.78, 5) is 2.64. The minimum absolute atomic E-state index is 0.511. The largest absolute Gasteiger partial charge is 0.378 e. The molecule has 4 atom stereocenters. The molecule has 1 N–H and O–H groups in total. The second-order valence-electron chi connectivity index (χ2n) is 5.48. The number of hydrogen-bond acceptors (Lipinski definition) is 3. The molecule has 2 fully saturated rings. The highest BCUT2D eigenvalue weighted by Gasteiger charge is 2.31. The predicted octanol–water partition coefficient (Wildman–Crippen LogP) is 1.48. The molecule has 0 amide bonds. The average molecular weight is 226 g/mol. The fourth-order valence-corrected chi connectivity index (χ4v) is 3.01. The highest BCUT2D eigenvalue weighted by Crippen LogP contribution is 2.25. The van der Waals surface area contributed by atoms with Crippen LogP contribution in [0.2, 0.25) is 0 Å². The summed E-state index contributed by atoms with van der Waals surface area (Å²) in [6.45, 7) is 11.4. The number of nitrogens with zero attached hydrogens (tertiary/aromatic N) is 1. The summed E-state index contributed by atoms with van der Waals surface area (Å²) < 4.78 is 5.78. The van der Waals surface area contributed by atoms with Crippen molar-refractivity contribution >= 4 is 0 Å². The van der Waals surface area contributed by atoms with Gasteiger partial charge in [-0.2, -0.15) is 0 Å². The summed E-state index contributed by atoms with van der Waals surface area (Å²) in [5.41, 5.74) is 0. The molecule has 94 valence electrons. The van der Waals surface area contributed by atoms with Crippen molar-refractivity contribution in [2.75, 3.05) is 26.2 Å². The van der Waals surface area contributed by atoms with E-state index in [0.29, 0.717) is 18.2 Å². The number of nitrogens with one attached hydrogen (secondary N) is 1. The average Bonchev–Trinajstić information content (AvgIpc) is 2.71. The normalized spacial score (nSPS) is 41.4. The number of hydrogen-bond donors (Lipinski definition) is 1. The molecule has 0 spiro atoms. The van der Waals surface area contributed by atoms with Crippen LogP contribution in [0.4, 0.5) is 0 Å². The Kier molecular flexibility index (Phi) is 4.22. The van der Waals surface area contributed by atoms with Crippen molar-refractivity contribution in [3.63, 3.8) is 0 Å². The van der Waals surface area contributed by atoms with Crippen molar-refractivity contribution in [1.29, 1.82) is 0 Å². The Morgan fingerprint density at radius 2 is 2.19 bits per heavy atom. The number of rotatable bonds is 3. The molecule has 3 nitrogen and oxygen atoms in total. The third-order valence-electron chi connectivity index (χ3n) is 4.11. The molecule has 2 aliphatic rings. The first kappa shape index (κ1) is 12.3. The van der Waals surface area contributed by atoms with Crippen LogP contribution in [0.25, 0.3) is 0 Å². The minimum atomic E-state index is 0.511. The Labute approximate surface area is 99.5 Å². The van der Waals surface area contributed by atoms with Crippen LogP contribution < -0.4 is 5.32 Å². The maximum Gasteiger partial charge on any atom is 0.0613 e. The maximum atomic E-state index is 5.78. The van der Waals surface area contributed by atoms with Crippen LogP contribution in [-0.2, 0) is 4.74 Å². The molecule has 2 heterocycles. The molecule has 4 unspecified atom stereocenters. The predicted molar refractivity (Wildman–Crippen MR) is 66.6 cm³/mol. The van der Waals surface area contributed by atoms with E-state index in [0.717, 1.165) is 19.1 Å². The van der Waals surface area contributed by atoms with Gasteiger partial charge in [-0.15, -0.1) is 0 Å². The van der Waals surface area contributed by atoms with E-state index in [1.54, 1.807) is 0 Å². The Hall–Kier alpha value is -0.120. The fourth-order valence-electron chi connectivity index (χ4n) is 3.01. The van der Waals surface area contributed by atoms with E-state index in [1.165, 1.54) is 25.9 Å². The summed E-state index contributed by atoms with van der Waals surface area (Å²) in [6.07, 6.45) is 2.93. The van der Waals surface area contributed by atoms with Gasteiger partial charge in [-0.3, -0.25) is 4.90 Å². The van der Waals surface area contributed by atoms with Crippen LogP contribution in [0, 0.1) is 5.92 Å². The van der Waals surface area contributed by atoms with Crippen molar-refractivity contribution in [2.45, 2.75) is 51.8 Å². The van der Waals surface area contributed by atoms with Crippen molar-refractivity contribution in [1.82, 2.24) is 10.2 Å². The smallest absolute Gasteiger partial charge is 0.0613 e. The van der Waals surface area contributed by atoms with Gasteiger partial charge in [0.15, 0.2) is 0 Å². The van der Waals surface area contributed by atoms with Crippen molar-refractivity contribution in [3.05, 3.63) is 0 Å². The monoisotopic (exact) mass is 226 g/mol. The molecule has 0 aromatic heterocycles. The van der Waals surface area contributed by atoms with Gasteiger partial charge < -0.3 is 10.1 Å². The summed E-state index contributed by atoms with van der Waals surface area (Å²) in [6, 6.07) is 1.31. The van der Waals surface area contributed by atoms with Crippen LogP contribution >= 0.6 is 0 Å². The molecule has 0 radical (unpaired) electrons. The molecule has 0 bridgehead atoms. The van der Waals surface area contributed by atoms with Gasteiger partial charge in [0.05, 0.1) is 6.10 Å². The van der Waals surface area contributed by atoms with Gasteiger partial charge in [-0.1, -0.05) is 6.92 Å². The first-order chi connectivity index (χ1) is 7.70. The molecule has 16 heavy (non-hydrogen) atoms. The van der Waals surface area contributed by atoms with Gasteiger partial charge in [-0.05, 0) is 32.6 Å². The van der Waals surface area contributed by atoms with E-state index >= 15 is 0 Å². The molecule has 2 rings (SSSR count). The fraction of sp³-hybridized carbons (Fsp3) is 1.00. The van der Waals surface area contributed by atoms with Gasteiger partial charge in [-0.25, -0.2) is 0 Å². The van der Waals surface area contributed by atoms with Crippen molar-refractivity contribution in [3.8, 4) is 0 Å². The van der Waals surface area contributed by atoms with Crippen molar-refractivity contribution < 1.29 is 4.74 Å². The van der Waals surface area contributed by atoms with Crippen LogP contribution in [-0.4, -0.2) is 49.3 Å². The lowest BCUT2D eigenvalue weighted by Gasteiger charge is -2.39. The topological polar surface area (TPSA) is 24.5 Å². The molecule has 2 saturated heterocycles. The van der Waals surface area contributed by atoms with E-state index in [4.69, 9.17) is 4.74 Å². The lowest BCUT2D eigenvalue weighted by Crippen LogP contribution is -2.55. The van der Waals surface area contributed by atoms with E-state index in [9.17, 15) is 0 Å². The van der Waals surface area contributed by atoms with Crippen LogP contribution in [0.3, 0.4) is 0 Å². The van der Waals surface area contributed by atoms with Crippen molar-refractivity contribution in [2.24, 2.45) is 5.92 Å². The molecule has 3 heteroatoms. The van der Waals surface area contributed by atoms with E-state index in [-0.39, 0.29) is 0 Å². The number of ether oxygens (including phenoxy) is 1. The summed E-state index contributed by atoms with van der Waals surface area (Å²) in [5, 5.41) is 3.54.